The number of thiazole rings is 1. The van der Waals surface area contributed by atoms with Crippen LogP contribution in [0.1, 0.15) is 40.4 Å². The van der Waals surface area contributed by atoms with E-state index in [0.717, 1.165) is 0 Å². The maximum Gasteiger partial charge on any atom is 0.274 e. The van der Waals surface area contributed by atoms with Crippen LogP contribution in [0, 0.1) is 5.95 Å². The van der Waals surface area contributed by atoms with Crippen molar-refractivity contribution in [3.8, 4) is 0 Å². The number of nitrogens with one attached hydrogen (secondary N) is 1. The number of carbonyl (C=O) groups is 2. The summed E-state index contributed by atoms with van der Waals surface area (Å²) in [5, 5.41) is 5.03. The molecule has 2 amide bonds. The van der Waals surface area contributed by atoms with E-state index in [1.165, 1.54) is 29.9 Å². The summed E-state index contributed by atoms with van der Waals surface area (Å²) in [4.78, 5) is 36.2. The van der Waals surface area contributed by atoms with E-state index in [1.54, 1.807) is 64.2 Å². The van der Waals surface area contributed by atoms with E-state index in [-0.39, 0.29) is 5.91 Å². The molecule has 11 heteroatoms. The van der Waals surface area contributed by atoms with Gasteiger partial charge in [0.25, 0.3) is 5.91 Å². The van der Waals surface area contributed by atoms with Crippen molar-refractivity contribution in [3.05, 3.63) is 83.2 Å². The maximum atomic E-state index is 13.3. The zero-order chi connectivity index (χ0) is 23.4. The highest BCUT2D eigenvalue weighted by atomic mass is 32.1. The van der Waals surface area contributed by atoms with Crippen LogP contribution in [-0.2, 0) is 11.3 Å². The predicted molar refractivity (Wildman–Crippen MR) is 123 cm³/mol. The number of hydrogen-bond donors (Lipinski definition) is 2. The second-order valence-electron chi connectivity index (χ2n) is 7.20. The Balaban J connectivity index is 1.40. The average Bonchev–Trinajstić information content (AvgIpc) is 3.53. The normalized spacial score (nSPS) is 12.2. The fourth-order valence-corrected chi connectivity index (χ4v) is 3.72. The first-order valence-electron chi connectivity index (χ1n) is 9.92. The summed E-state index contributed by atoms with van der Waals surface area (Å²) >= 11 is 1.29. The number of nitrogens with zero attached hydrogens (tertiary/aromatic N) is 5. The van der Waals surface area contributed by atoms with E-state index in [2.05, 4.69) is 20.3 Å². The van der Waals surface area contributed by atoms with Gasteiger partial charge < -0.3 is 14.9 Å². The fraction of sp³-hybridized carbons (Fsp3) is 0.136. The van der Waals surface area contributed by atoms with Crippen molar-refractivity contribution in [2.75, 3.05) is 5.32 Å². The Labute approximate surface area is 192 Å². The molecule has 0 radical (unpaired) electrons. The van der Waals surface area contributed by atoms with Crippen LogP contribution >= 0.6 is 11.3 Å². The third kappa shape index (κ3) is 5.39. The first kappa shape index (κ1) is 22.1. The number of carbonyl (C=O) groups excluding carboxylic acids is 2. The number of amides is 2. The smallest absolute Gasteiger partial charge is 0.274 e. The summed E-state index contributed by atoms with van der Waals surface area (Å²) in [5.74, 6) is -1.33. The van der Waals surface area contributed by atoms with E-state index in [9.17, 15) is 14.0 Å². The molecule has 168 valence electrons. The van der Waals surface area contributed by atoms with Gasteiger partial charge in [0.05, 0.1) is 17.7 Å². The summed E-state index contributed by atoms with van der Waals surface area (Å²) in [5.41, 5.74) is 7.72. The van der Waals surface area contributed by atoms with E-state index in [0.29, 0.717) is 34.3 Å². The van der Waals surface area contributed by atoms with Crippen LogP contribution in [0.4, 0.5) is 9.52 Å². The molecule has 4 aromatic heterocycles. The summed E-state index contributed by atoms with van der Waals surface area (Å²) < 4.78 is 16.7. The molecule has 0 saturated carbocycles. The molecular formula is C22H20FN7O2S. The van der Waals surface area contributed by atoms with Crippen molar-refractivity contribution in [1.29, 1.82) is 0 Å². The van der Waals surface area contributed by atoms with E-state index < -0.39 is 17.9 Å². The van der Waals surface area contributed by atoms with Crippen LogP contribution in [0.2, 0.25) is 0 Å². The van der Waals surface area contributed by atoms with Gasteiger partial charge in [-0.1, -0.05) is 0 Å². The molecule has 1 unspecified atom stereocenters. The highest BCUT2D eigenvalue weighted by molar-refractivity contribution is 7.14. The molecule has 4 heterocycles. The molecule has 0 saturated heterocycles. The molecule has 3 N–H and O–H groups in total. The predicted octanol–water partition coefficient (Wildman–Crippen LogP) is 3.19. The Bertz CT molecular complexity index is 1320. The van der Waals surface area contributed by atoms with E-state index in [1.807, 2.05) is 0 Å². The molecule has 4 aromatic rings. The van der Waals surface area contributed by atoms with Crippen molar-refractivity contribution in [3.63, 3.8) is 0 Å². The molecule has 0 fully saturated rings. The molecule has 0 aromatic carbocycles. The Morgan fingerprint density at radius 3 is 2.88 bits per heavy atom. The number of halogens is 1. The lowest BCUT2D eigenvalue weighted by Gasteiger charge is -2.09. The minimum absolute atomic E-state index is 0.321. The molecule has 0 aliphatic rings. The molecule has 33 heavy (non-hydrogen) atoms. The summed E-state index contributed by atoms with van der Waals surface area (Å²) in [6, 6.07) is 5.98. The van der Waals surface area contributed by atoms with E-state index >= 15 is 0 Å². The van der Waals surface area contributed by atoms with Crippen molar-refractivity contribution < 1.29 is 14.0 Å². The maximum absolute atomic E-state index is 13.3. The molecule has 1 atom stereocenters. The molecular weight excluding hydrogens is 445 g/mol. The van der Waals surface area contributed by atoms with E-state index in [4.69, 9.17) is 5.73 Å². The van der Waals surface area contributed by atoms with Crippen LogP contribution in [0.25, 0.3) is 12.2 Å². The average molecular weight is 466 g/mol. The van der Waals surface area contributed by atoms with Crippen LogP contribution in [0.15, 0.2) is 54.6 Å². The quantitative estimate of drug-likeness (QED) is 0.387. The Morgan fingerprint density at radius 2 is 2.09 bits per heavy atom. The highest BCUT2D eigenvalue weighted by Gasteiger charge is 2.14. The van der Waals surface area contributed by atoms with Gasteiger partial charge in [0.1, 0.15) is 11.7 Å². The van der Waals surface area contributed by atoms with Crippen LogP contribution in [-0.4, -0.2) is 35.9 Å². The highest BCUT2D eigenvalue weighted by Crippen LogP contribution is 2.19. The Kier molecular flexibility index (Phi) is 6.41. The Hall–Kier alpha value is -4.12. The first-order valence-corrected chi connectivity index (χ1v) is 10.8. The van der Waals surface area contributed by atoms with Crippen molar-refractivity contribution in [1.82, 2.24) is 24.1 Å². The minimum Gasteiger partial charge on any atom is -0.368 e. The first-order chi connectivity index (χ1) is 15.9. The van der Waals surface area contributed by atoms with Crippen LogP contribution in [0.3, 0.4) is 0 Å². The zero-order valence-electron chi connectivity index (χ0n) is 17.6. The Morgan fingerprint density at radius 1 is 1.27 bits per heavy atom. The number of rotatable bonds is 8. The molecule has 0 bridgehead atoms. The van der Waals surface area contributed by atoms with Crippen molar-refractivity contribution >= 4 is 40.4 Å². The van der Waals surface area contributed by atoms with Gasteiger partial charge in [-0.15, -0.1) is 11.3 Å². The largest absolute Gasteiger partial charge is 0.368 e. The molecule has 9 nitrogen and oxygen atoms in total. The third-order valence-electron chi connectivity index (χ3n) is 4.85. The van der Waals surface area contributed by atoms with Gasteiger partial charge in [0, 0.05) is 30.5 Å². The SMILES string of the molecule is CC(C(N)=O)n1cnc(C=Cc2csc(NC(=O)c3cccn3Cc3ccnc(F)c3)n2)c1. The lowest BCUT2D eigenvalue weighted by Crippen LogP contribution is -2.22. The number of anilines is 1. The fourth-order valence-electron chi connectivity index (χ4n) is 3.05. The summed E-state index contributed by atoms with van der Waals surface area (Å²) in [6.07, 6.45) is 9.90. The number of hydrogen-bond acceptors (Lipinski definition) is 6. The number of primary amides is 1. The number of imidazole rings is 1. The van der Waals surface area contributed by atoms with Crippen molar-refractivity contribution in [2.45, 2.75) is 19.5 Å². The molecule has 0 aliphatic carbocycles. The molecule has 0 aliphatic heterocycles. The lowest BCUT2D eigenvalue weighted by atomic mass is 10.2. The van der Waals surface area contributed by atoms with Gasteiger partial charge in [-0.25, -0.2) is 15.0 Å². The van der Waals surface area contributed by atoms with Gasteiger partial charge in [0.2, 0.25) is 11.9 Å². The number of nitrogens with two attached hydrogens (primary N) is 1. The second-order valence-corrected chi connectivity index (χ2v) is 8.06. The third-order valence-corrected chi connectivity index (χ3v) is 5.63. The molecule has 0 spiro atoms. The van der Waals surface area contributed by atoms with Gasteiger partial charge in [-0.3, -0.25) is 14.9 Å². The summed E-state index contributed by atoms with van der Waals surface area (Å²) in [6.45, 7) is 2.03. The number of aromatic nitrogens is 5. The van der Waals surface area contributed by atoms with Gasteiger partial charge in [-0.05, 0) is 48.9 Å². The zero-order valence-corrected chi connectivity index (χ0v) is 18.4. The standard InChI is InChI=1S/C22H20FN7O2S/c1-14(20(24)31)30-11-16(26-13-30)4-5-17-12-33-22(27-17)28-21(32)18-3-2-8-29(18)10-15-6-7-25-19(23)9-15/h2-9,11-14H,10H2,1H3,(H2,24,31)(H,27,28,32). The summed E-state index contributed by atoms with van der Waals surface area (Å²) in [7, 11) is 0. The topological polar surface area (TPSA) is 121 Å². The van der Waals surface area contributed by atoms with Crippen molar-refractivity contribution in [2.24, 2.45) is 5.73 Å². The van der Waals surface area contributed by atoms with Crippen LogP contribution in [0.5, 0.6) is 0 Å². The van der Waals surface area contributed by atoms with Gasteiger partial charge in [0.15, 0.2) is 5.13 Å². The van der Waals surface area contributed by atoms with Crippen LogP contribution < -0.4 is 11.1 Å². The second kappa shape index (κ2) is 9.57. The monoisotopic (exact) mass is 465 g/mol. The lowest BCUT2D eigenvalue weighted by molar-refractivity contribution is -0.120. The molecule has 4 rings (SSSR count). The number of pyridine rings is 1. The van der Waals surface area contributed by atoms with Gasteiger partial charge in [-0.2, -0.15) is 4.39 Å². The van der Waals surface area contributed by atoms with Gasteiger partial charge >= 0.3 is 0 Å². The minimum atomic E-state index is -0.567.